The molecule has 0 aliphatic rings. The molecule has 0 atom stereocenters. The van der Waals surface area contributed by atoms with E-state index in [4.69, 9.17) is 24.5 Å². The molecule has 1 aromatic heterocycles. The fraction of sp³-hybridized carbons (Fsp3) is 0.364. The molecule has 1 aromatic rings. The van der Waals surface area contributed by atoms with Crippen LogP contribution in [0, 0.1) is 0 Å². The van der Waals surface area contributed by atoms with Gasteiger partial charge >= 0.3 is 20.7 Å². The van der Waals surface area contributed by atoms with Crippen molar-refractivity contribution in [1.29, 1.82) is 0 Å². The van der Waals surface area contributed by atoms with Crippen LogP contribution in [0.3, 0.4) is 0 Å². The summed E-state index contributed by atoms with van der Waals surface area (Å²) < 4.78 is 11.1. The van der Waals surface area contributed by atoms with Gasteiger partial charge in [0.25, 0.3) is 0 Å². The van der Waals surface area contributed by atoms with Crippen molar-refractivity contribution >= 4 is 43.4 Å². The lowest BCUT2D eigenvalue weighted by molar-refractivity contribution is -0.109. The van der Waals surface area contributed by atoms with Gasteiger partial charge in [-0.05, 0) is 24.5 Å². The van der Waals surface area contributed by atoms with E-state index in [2.05, 4.69) is 9.98 Å². The molecule has 0 aliphatic carbocycles. The van der Waals surface area contributed by atoms with Crippen LogP contribution in [-0.2, 0) is 15.8 Å². The highest BCUT2D eigenvalue weighted by atomic mass is 32.2. The number of carbonyl (C=O) groups is 1. The number of aromatic nitrogens is 1. The Morgan fingerprint density at radius 2 is 2.00 bits per heavy atom. The summed E-state index contributed by atoms with van der Waals surface area (Å²) in [5, 5.41) is -1.36. The van der Waals surface area contributed by atoms with E-state index in [0.29, 0.717) is 12.2 Å². The second-order valence-electron chi connectivity index (χ2n) is 4.49. The van der Waals surface area contributed by atoms with Crippen LogP contribution in [0.15, 0.2) is 23.3 Å². The van der Waals surface area contributed by atoms with E-state index >= 15 is 0 Å². The summed E-state index contributed by atoms with van der Waals surface area (Å²) in [4.78, 5) is 63.1. The first-order valence-electron chi connectivity index (χ1n) is 6.31. The Balaban J connectivity index is 2.81. The van der Waals surface area contributed by atoms with Gasteiger partial charge in [-0.1, -0.05) is 17.8 Å². The van der Waals surface area contributed by atoms with Crippen LogP contribution in [0.1, 0.15) is 18.9 Å². The predicted octanol–water partition coefficient (Wildman–Crippen LogP) is 1.20. The molecular weight excluding hydrogens is 366 g/mol. The number of aliphatic imine (C=N–C) groups is 1. The average Bonchev–Trinajstić information content (AvgIpc) is 2.39. The fourth-order valence-electron chi connectivity index (χ4n) is 1.53. The molecule has 0 radical (unpaired) electrons. The van der Waals surface area contributed by atoms with Crippen molar-refractivity contribution in [1.82, 2.24) is 4.98 Å². The molecule has 0 saturated heterocycles. The normalized spacial score (nSPS) is 13.2. The predicted molar refractivity (Wildman–Crippen MR) is 88.4 cm³/mol. The van der Waals surface area contributed by atoms with Gasteiger partial charge in [-0.3, -0.25) is 4.79 Å². The van der Waals surface area contributed by atoms with Gasteiger partial charge in [-0.15, -0.1) is 0 Å². The molecular formula is C11H17N2O7P2S+. The number of thioether (sulfide) groups is 1. The van der Waals surface area contributed by atoms with Crippen LogP contribution in [0.4, 0.5) is 5.82 Å². The van der Waals surface area contributed by atoms with Gasteiger partial charge < -0.3 is 9.79 Å². The molecule has 1 rings (SSSR count). The Morgan fingerprint density at radius 3 is 2.43 bits per heavy atom. The molecule has 1 heterocycles. The smallest absolute Gasteiger partial charge is 0.317 e. The Labute approximate surface area is 137 Å². The molecule has 128 valence electrons. The number of carbonyl (C=O) groups excluding carboxylic acids is 1. The summed E-state index contributed by atoms with van der Waals surface area (Å²) >= 11 is 1.22. The van der Waals surface area contributed by atoms with E-state index in [0.717, 1.165) is 12.0 Å². The molecule has 0 aliphatic heterocycles. The lowest BCUT2D eigenvalue weighted by Gasteiger charge is -2.07. The Kier molecular flexibility index (Phi) is 7.44. The first-order chi connectivity index (χ1) is 10.5. The van der Waals surface area contributed by atoms with Crippen LogP contribution in [0.2, 0.25) is 0 Å². The Hall–Kier alpha value is -0.700. The van der Waals surface area contributed by atoms with Crippen LogP contribution in [0.25, 0.3) is 0 Å². The van der Waals surface area contributed by atoms with E-state index in [1.54, 1.807) is 6.07 Å². The molecule has 9 nitrogen and oxygen atoms in total. The quantitative estimate of drug-likeness (QED) is 0.265. The number of aryl methyl sites for hydroxylation is 1. The number of rotatable bonds is 7. The molecule has 0 bridgehead atoms. The standard InChI is InChI=1S/C11H16N2O7P2S/c1-8(14)23-6-2-3-9-4-5-10(12-7-9)13-11(21(15,16)17)22(18,19)20/h4-5,7,15-17H,2-3,6H2,1H3,(H-,18,19,20)/p+1. The van der Waals surface area contributed by atoms with Crippen molar-refractivity contribution in [2.75, 3.05) is 5.75 Å². The maximum Gasteiger partial charge on any atom is 0.469 e. The molecule has 0 spiro atoms. The van der Waals surface area contributed by atoms with E-state index in [1.807, 2.05) is 0 Å². The van der Waals surface area contributed by atoms with Crippen molar-refractivity contribution < 1.29 is 33.8 Å². The lowest BCUT2D eigenvalue weighted by atomic mass is 10.2. The van der Waals surface area contributed by atoms with E-state index in [1.165, 1.54) is 30.9 Å². The highest BCUT2D eigenvalue weighted by Crippen LogP contribution is 2.60. The van der Waals surface area contributed by atoms with Crippen LogP contribution >= 0.6 is 27.3 Å². The summed E-state index contributed by atoms with van der Waals surface area (Å²) in [6.45, 7) is 1.49. The van der Waals surface area contributed by atoms with Crippen molar-refractivity contribution in [2.45, 2.75) is 19.8 Å². The fourth-order valence-corrected chi connectivity index (χ4v) is 3.98. The molecule has 0 amide bonds. The van der Waals surface area contributed by atoms with Gasteiger partial charge in [0.2, 0.25) is 0 Å². The third-order valence-corrected chi connectivity index (χ3v) is 6.21. The van der Waals surface area contributed by atoms with Crippen LogP contribution in [0.5, 0.6) is 0 Å². The monoisotopic (exact) mass is 383 g/mol. The summed E-state index contributed by atoms with van der Waals surface area (Å²) in [7, 11) is -10.1. The number of hydrogen-bond donors (Lipinski definition) is 5. The SMILES string of the molecule is CC(=O)SCCCc1ccc(N=C(P(=O)(O)O)[P+](O)(O)O)nc1. The third-order valence-electron chi connectivity index (χ3n) is 2.47. The van der Waals surface area contributed by atoms with Crippen molar-refractivity contribution in [2.24, 2.45) is 4.99 Å². The second-order valence-corrected chi connectivity index (χ2v) is 9.19. The van der Waals surface area contributed by atoms with E-state index in [9.17, 15) is 9.36 Å². The molecule has 23 heavy (non-hydrogen) atoms. The molecule has 0 fully saturated rings. The first kappa shape index (κ1) is 20.3. The van der Waals surface area contributed by atoms with Gasteiger partial charge in [0, 0.05) is 18.9 Å². The summed E-state index contributed by atoms with van der Waals surface area (Å²) in [5.74, 6) is 0.496. The summed E-state index contributed by atoms with van der Waals surface area (Å²) in [5.41, 5.74) is 0.823. The summed E-state index contributed by atoms with van der Waals surface area (Å²) in [6, 6.07) is 2.94. The molecule has 0 unspecified atom stereocenters. The van der Waals surface area contributed by atoms with E-state index in [-0.39, 0.29) is 10.9 Å². The van der Waals surface area contributed by atoms with Crippen LogP contribution in [-0.4, -0.2) is 45.5 Å². The molecule has 0 aromatic carbocycles. The highest BCUT2D eigenvalue weighted by molar-refractivity contribution is 8.13. The van der Waals surface area contributed by atoms with Crippen LogP contribution < -0.4 is 0 Å². The zero-order valence-corrected chi connectivity index (χ0v) is 14.7. The van der Waals surface area contributed by atoms with Gasteiger partial charge in [-0.25, -0.2) is 9.55 Å². The zero-order valence-electron chi connectivity index (χ0n) is 12.1. The van der Waals surface area contributed by atoms with Gasteiger partial charge in [0.05, 0.1) is 0 Å². The van der Waals surface area contributed by atoms with Crippen molar-refractivity contribution in [3.63, 3.8) is 0 Å². The first-order valence-corrected chi connectivity index (χ1v) is 10.6. The maximum atomic E-state index is 11.1. The Morgan fingerprint density at radius 1 is 1.35 bits per heavy atom. The second kappa shape index (κ2) is 8.41. The highest BCUT2D eigenvalue weighted by Gasteiger charge is 2.51. The van der Waals surface area contributed by atoms with E-state index < -0.39 is 20.7 Å². The molecule has 12 heteroatoms. The largest absolute Gasteiger partial charge is 0.469 e. The van der Waals surface area contributed by atoms with Gasteiger partial charge in [0.1, 0.15) is 0 Å². The molecule has 5 N–H and O–H groups in total. The van der Waals surface area contributed by atoms with Gasteiger partial charge in [-0.2, -0.15) is 19.7 Å². The lowest BCUT2D eigenvalue weighted by Crippen LogP contribution is -2.06. The topological polar surface area (TPSA) is 161 Å². The van der Waals surface area contributed by atoms with Crippen molar-refractivity contribution in [3.05, 3.63) is 23.9 Å². The van der Waals surface area contributed by atoms with Gasteiger partial charge in [0.15, 0.2) is 10.9 Å². The zero-order chi connectivity index (χ0) is 17.7. The number of hydrogen-bond acceptors (Lipinski definition) is 8. The third kappa shape index (κ3) is 7.60. The number of pyridine rings is 1. The number of nitrogens with zero attached hydrogens (tertiary/aromatic N) is 2. The minimum Gasteiger partial charge on any atom is -0.317 e. The molecule has 0 saturated carbocycles. The maximum absolute atomic E-state index is 11.1. The van der Waals surface area contributed by atoms with Crippen molar-refractivity contribution in [3.8, 4) is 0 Å². The summed E-state index contributed by atoms with van der Waals surface area (Å²) in [6.07, 6.45) is 2.82. The average molecular weight is 383 g/mol. The minimum atomic E-state index is -5.13. The minimum absolute atomic E-state index is 0.0432. The Bertz CT molecular complexity index is 624.